The van der Waals surface area contributed by atoms with Crippen LogP contribution in [0, 0.1) is 5.92 Å². The van der Waals surface area contributed by atoms with Crippen LogP contribution in [-0.4, -0.2) is 31.6 Å². The molecular weight excluding hydrogens is 172 g/mol. The Morgan fingerprint density at radius 1 is 1.14 bits per heavy atom. The first kappa shape index (κ1) is 12.0. The van der Waals surface area contributed by atoms with Crippen molar-refractivity contribution in [1.82, 2.24) is 4.90 Å². The van der Waals surface area contributed by atoms with Crippen LogP contribution in [0.25, 0.3) is 0 Å². The number of nitrogens with zero attached hydrogens (tertiary/aromatic N) is 1. The zero-order valence-corrected chi connectivity index (χ0v) is 9.67. The highest BCUT2D eigenvalue weighted by Crippen LogP contribution is 2.23. The van der Waals surface area contributed by atoms with E-state index in [0.29, 0.717) is 0 Å². The summed E-state index contributed by atoms with van der Waals surface area (Å²) in [5.74, 6) is 0.959. The minimum atomic E-state index is 0.828. The second kappa shape index (κ2) is 7.24. The predicted octanol–water partition coefficient (Wildman–Crippen LogP) is 2.24. The maximum Gasteiger partial charge on any atom is 0.000661 e. The Balaban J connectivity index is 2.13. The van der Waals surface area contributed by atoms with Crippen molar-refractivity contribution in [2.24, 2.45) is 11.7 Å². The zero-order valence-electron chi connectivity index (χ0n) is 9.67. The second-order valence-corrected chi connectivity index (χ2v) is 4.76. The third-order valence-electron chi connectivity index (χ3n) is 3.29. The molecule has 2 heteroatoms. The molecule has 0 atom stereocenters. The maximum atomic E-state index is 5.51. The van der Waals surface area contributed by atoms with E-state index in [-0.39, 0.29) is 0 Å². The molecule has 1 fully saturated rings. The molecule has 0 aromatic rings. The zero-order chi connectivity index (χ0) is 10.2. The maximum absolute atomic E-state index is 5.51. The number of rotatable bonds is 5. The quantitative estimate of drug-likeness (QED) is 0.686. The van der Waals surface area contributed by atoms with Gasteiger partial charge in [0.25, 0.3) is 0 Å². The van der Waals surface area contributed by atoms with Gasteiger partial charge in [0.05, 0.1) is 0 Å². The van der Waals surface area contributed by atoms with Crippen LogP contribution < -0.4 is 5.73 Å². The summed E-state index contributed by atoms with van der Waals surface area (Å²) in [4.78, 5) is 2.46. The summed E-state index contributed by atoms with van der Waals surface area (Å²) < 4.78 is 0. The van der Waals surface area contributed by atoms with Gasteiger partial charge >= 0.3 is 0 Å². The number of nitrogens with two attached hydrogens (primary N) is 1. The third-order valence-corrected chi connectivity index (χ3v) is 3.29. The van der Waals surface area contributed by atoms with Crippen LogP contribution in [0.4, 0.5) is 0 Å². The lowest BCUT2D eigenvalue weighted by Gasteiger charge is -2.22. The largest absolute Gasteiger partial charge is 0.330 e. The van der Waals surface area contributed by atoms with Crippen molar-refractivity contribution >= 4 is 0 Å². The Kier molecular flexibility index (Phi) is 6.20. The van der Waals surface area contributed by atoms with Crippen molar-refractivity contribution in [2.75, 3.05) is 26.7 Å². The lowest BCUT2D eigenvalue weighted by atomic mass is 10.00. The Hall–Kier alpha value is -0.0800. The molecule has 0 aromatic carbocycles. The molecule has 0 aliphatic heterocycles. The highest BCUT2D eigenvalue weighted by Gasteiger charge is 2.13. The lowest BCUT2D eigenvalue weighted by Crippen LogP contribution is -2.27. The fraction of sp³-hybridized carbons (Fsp3) is 1.00. The van der Waals surface area contributed by atoms with E-state index in [1.54, 1.807) is 0 Å². The van der Waals surface area contributed by atoms with Crippen LogP contribution in [-0.2, 0) is 0 Å². The summed E-state index contributed by atoms with van der Waals surface area (Å²) >= 11 is 0. The molecule has 0 saturated heterocycles. The van der Waals surface area contributed by atoms with E-state index >= 15 is 0 Å². The van der Waals surface area contributed by atoms with E-state index in [0.717, 1.165) is 18.9 Å². The van der Waals surface area contributed by atoms with E-state index in [1.165, 1.54) is 51.6 Å². The molecule has 1 aliphatic carbocycles. The summed E-state index contributed by atoms with van der Waals surface area (Å²) in [6, 6.07) is 0. The summed E-state index contributed by atoms with van der Waals surface area (Å²) in [7, 11) is 2.24. The average Bonchev–Trinajstić information content (AvgIpc) is 2.43. The topological polar surface area (TPSA) is 29.3 Å². The molecule has 1 aliphatic rings. The summed E-state index contributed by atoms with van der Waals surface area (Å²) in [5.41, 5.74) is 5.51. The Morgan fingerprint density at radius 3 is 2.36 bits per heavy atom. The number of hydrogen-bond acceptors (Lipinski definition) is 2. The smallest absolute Gasteiger partial charge is 0.000661 e. The van der Waals surface area contributed by atoms with Gasteiger partial charge in [-0.2, -0.15) is 0 Å². The van der Waals surface area contributed by atoms with Gasteiger partial charge in [-0.25, -0.2) is 0 Å². The normalized spacial score (nSPS) is 19.9. The van der Waals surface area contributed by atoms with Gasteiger partial charge in [-0.05, 0) is 45.3 Å². The summed E-state index contributed by atoms with van der Waals surface area (Å²) in [5, 5.41) is 0. The molecule has 2 N–H and O–H groups in total. The van der Waals surface area contributed by atoms with E-state index in [4.69, 9.17) is 5.73 Å². The first-order chi connectivity index (χ1) is 6.83. The van der Waals surface area contributed by atoms with Crippen LogP contribution in [0.2, 0.25) is 0 Å². The number of hydrogen-bond donors (Lipinski definition) is 1. The summed E-state index contributed by atoms with van der Waals surface area (Å²) in [6.07, 6.45) is 9.87. The Morgan fingerprint density at radius 2 is 1.79 bits per heavy atom. The van der Waals surface area contributed by atoms with Crippen molar-refractivity contribution in [3.05, 3.63) is 0 Å². The van der Waals surface area contributed by atoms with Gasteiger partial charge in [-0.3, -0.25) is 0 Å². The van der Waals surface area contributed by atoms with Gasteiger partial charge in [0.15, 0.2) is 0 Å². The molecule has 1 rings (SSSR count). The van der Waals surface area contributed by atoms with Crippen molar-refractivity contribution in [2.45, 2.75) is 44.9 Å². The van der Waals surface area contributed by atoms with Crippen LogP contribution in [0.3, 0.4) is 0 Å². The van der Waals surface area contributed by atoms with E-state index in [2.05, 4.69) is 11.9 Å². The van der Waals surface area contributed by atoms with Gasteiger partial charge in [0.1, 0.15) is 0 Å². The van der Waals surface area contributed by atoms with Gasteiger partial charge < -0.3 is 10.6 Å². The van der Waals surface area contributed by atoms with E-state index in [1.807, 2.05) is 0 Å². The van der Waals surface area contributed by atoms with Crippen molar-refractivity contribution in [3.63, 3.8) is 0 Å². The molecule has 14 heavy (non-hydrogen) atoms. The molecule has 0 heterocycles. The van der Waals surface area contributed by atoms with Crippen LogP contribution in [0.15, 0.2) is 0 Å². The van der Waals surface area contributed by atoms with Gasteiger partial charge in [0, 0.05) is 6.54 Å². The highest BCUT2D eigenvalue weighted by molar-refractivity contribution is 4.67. The minimum Gasteiger partial charge on any atom is -0.330 e. The first-order valence-electron chi connectivity index (χ1n) is 6.21. The lowest BCUT2D eigenvalue weighted by molar-refractivity contribution is 0.259. The van der Waals surface area contributed by atoms with Gasteiger partial charge in [-0.15, -0.1) is 0 Å². The van der Waals surface area contributed by atoms with Crippen molar-refractivity contribution in [1.29, 1.82) is 0 Å². The summed E-state index contributed by atoms with van der Waals surface area (Å²) in [6.45, 7) is 3.29. The van der Waals surface area contributed by atoms with Crippen molar-refractivity contribution in [3.8, 4) is 0 Å². The van der Waals surface area contributed by atoms with E-state index < -0.39 is 0 Å². The van der Waals surface area contributed by atoms with Gasteiger partial charge in [0.2, 0.25) is 0 Å². The van der Waals surface area contributed by atoms with E-state index in [9.17, 15) is 0 Å². The fourth-order valence-corrected chi connectivity index (χ4v) is 2.44. The van der Waals surface area contributed by atoms with Gasteiger partial charge in [-0.1, -0.05) is 25.7 Å². The van der Waals surface area contributed by atoms with Crippen molar-refractivity contribution < 1.29 is 0 Å². The molecule has 1 saturated carbocycles. The standard InChI is InChI=1S/C12H26N2/c1-14(10-6-9-13)11-12-7-4-2-3-5-8-12/h12H,2-11,13H2,1H3. The molecule has 0 radical (unpaired) electrons. The average molecular weight is 198 g/mol. The van der Waals surface area contributed by atoms with Crippen LogP contribution in [0.5, 0.6) is 0 Å². The van der Waals surface area contributed by atoms with Crippen LogP contribution >= 0.6 is 0 Å². The SMILES string of the molecule is CN(CCCN)CC1CCCCCC1. The highest BCUT2D eigenvalue weighted by atomic mass is 15.1. The second-order valence-electron chi connectivity index (χ2n) is 4.76. The third kappa shape index (κ3) is 4.97. The molecule has 0 unspecified atom stereocenters. The molecule has 0 bridgehead atoms. The molecule has 0 spiro atoms. The minimum absolute atomic E-state index is 0.828. The molecule has 0 amide bonds. The fourth-order valence-electron chi connectivity index (χ4n) is 2.44. The molecule has 2 nitrogen and oxygen atoms in total. The first-order valence-corrected chi connectivity index (χ1v) is 6.21. The Bertz CT molecular complexity index is 128. The molecule has 0 aromatic heterocycles. The Labute approximate surface area is 88.8 Å². The van der Waals surface area contributed by atoms with Crippen LogP contribution in [0.1, 0.15) is 44.9 Å². The monoisotopic (exact) mass is 198 g/mol. The molecule has 84 valence electrons. The molecular formula is C12H26N2. The predicted molar refractivity (Wildman–Crippen MR) is 62.4 cm³/mol.